The van der Waals surface area contributed by atoms with Crippen molar-refractivity contribution in [2.75, 3.05) is 11.1 Å². The number of aromatic nitrogens is 2. The Bertz CT molecular complexity index is 519. The minimum Gasteiger partial charge on any atom is -0.325 e. The number of rotatable bonds is 4. The first-order valence-electron chi connectivity index (χ1n) is 5.19. The van der Waals surface area contributed by atoms with Gasteiger partial charge in [-0.1, -0.05) is 11.8 Å². The fourth-order valence-electron chi connectivity index (χ4n) is 1.22. The van der Waals surface area contributed by atoms with Gasteiger partial charge in [0.2, 0.25) is 5.91 Å². The summed E-state index contributed by atoms with van der Waals surface area (Å²) in [6.07, 6.45) is 3.32. The average molecular weight is 371 g/mol. The van der Waals surface area contributed by atoms with Crippen LogP contribution in [0.2, 0.25) is 0 Å². The van der Waals surface area contributed by atoms with Gasteiger partial charge in [0.1, 0.15) is 0 Å². The van der Waals surface area contributed by atoms with E-state index in [1.807, 2.05) is 24.3 Å². The summed E-state index contributed by atoms with van der Waals surface area (Å²) in [5.41, 5.74) is 0.801. The fourth-order valence-corrected chi connectivity index (χ4v) is 2.18. The van der Waals surface area contributed by atoms with Crippen LogP contribution in [0.4, 0.5) is 5.69 Å². The molecule has 0 radical (unpaired) electrons. The van der Waals surface area contributed by atoms with Crippen molar-refractivity contribution in [1.82, 2.24) is 9.97 Å². The van der Waals surface area contributed by atoms with Gasteiger partial charge in [-0.05, 0) is 52.9 Å². The van der Waals surface area contributed by atoms with Crippen LogP contribution in [0.25, 0.3) is 0 Å². The van der Waals surface area contributed by atoms with Crippen LogP contribution in [-0.2, 0) is 4.79 Å². The Kier molecular flexibility index (Phi) is 4.94. The lowest BCUT2D eigenvalue weighted by atomic mass is 10.3. The lowest BCUT2D eigenvalue weighted by Crippen LogP contribution is -2.14. The van der Waals surface area contributed by atoms with Crippen LogP contribution in [0.15, 0.2) is 47.9 Å². The Morgan fingerprint density at radius 2 is 1.89 bits per heavy atom. The quantitative estimate of drug-likeness (QED) is 0.510. The zero-order chi connectivity index (χ0) is 12.8. The van der Waals surface area contributed by atoms with Crippen LogP contribution in [0.5, 0.6) is 0 Å². The predicted octanol–water partition coefficient (Wildman–Crippen LogP) is 2.81. The standard InChI is InChI=1S/C12H10IN3OS/c13-9-2-4-10(5-3-9)16-11(17)8-18-12-14-6-1-7-15-12/h1-7H,8H2,(H,16,17). The van der Waals surface area contributed by atoms with Gasteiger partial charge in [-0.2, -0.15) is 0 Å². The molecular weight excluding hydrogens is 361 g/mol. The number of amides is 1. The number of carbonyl (C=O) groups is 1. The van der Waals surface area contributed by atoms with Gasteiger partial charge in [0.25, 0.3) is 0 Å². The third-order valence-electron chi connectivity index (χ3n) is 2.00. The smallest absolute Gasteiger partial charge is 0.234 e. The highest BCUT2D eigenvalue weighted by molar-refractivity contribution is 14.1. The van der Waals surface area contributed by atoms with Crippen molar-refractivity contribution in [2.45, 2.75) is 5.16 Å². The van der Waals surface area contributed by atoms with E-state index in [-0.39, 0.29) is 5.91 Å². The zero-order valence-electron chi connectivity index (χ0n) is 9.34. The number of halogens is 1. The van der Waals surface area contributed by atoms with Crippen molar-refractivity contribution in [3.63, 3.8) is 0 Å². The molecule has 1 heterocycles. The van der Waals surface area contributed by atoms with Crippen molar-refractivity contribution >= 4 is 45.9 Å². The summed E-state index contributed by atoms with van der Waals surface area (Å²) in [4.78, 5) is 19.8. The van der Waals surface area contributed by atoms with Gasteiger partial charge in [-0.3, -0.25) is 4.79 Å². The maximum Gasteiger partial charge on any atom is 0.234 e. The van der Waals surface area contributed by atoms with Crippen molar-refractivity contribution in [3.05, 3.63) is 46.3 Å². The summed E-state index contributed by atoms with van der Waals surface area (Å²) in [6, 6.07) is 9.40. The summed E-state index contributed by atoms with van der Waals surface area (Å²) < 4.78 is 1.14. The molecule has 1 aromatic heterocycles. The number of carbonyl (C=O) groups excluding carboxylic acids is 1. The maximum absolute atomic E-state index is 11.7. The van der Waals surface area contributed by atoms with Crippen molar-refractivity contribution in [1.29, 1.82) is 0 Å². The zero-order valence-corrected chi connectivity index (χ0v) is 12.3. The first-order chi connectivity index (χ1) is 8.74. The molecule has 0 aliphatic heterocycles. The molecule has 2 aromatic rings. The number of benzene rings is 1. The molecule has 0 aliphatic rings. The minimum absolute atomic E-state index is 0.0614. The Morgan fingerprint density at radius 1 is 1.22 bits per heavy atom. The molecule has 1 amide bonds. The first kappa shape index (κ1) is 13.3. The number of hydrogen-bond acceptors (Lipinski definition) is 4. The molecule has 18 heavy (non-hydrogen) atoms. The van der Waals surface area contributed by atoms with E-state index in [4.69, 9.17) is 0 Å². The van der Waals surface area contributed by atoms with E-state index in [1.165, 1.54) is 11.8 Å². The highest BCUT2D eigenvalue weighted by Crippen LogP contribution is 2.14. The Labute approximate surface area is 123 Å². The second kappa shape index (κ2) is 6.69. The molecule has 0 fully saturated rings. The molecule has 0 saturated heterocycles. The summed E-state index contributed by atoms with van der Waals surface area (Å²) in [5, 5.41) is 3.43. The fraction of sp³-hybridized carbons (Fsp3) is 0.0833. The Morgan fingerprint density at radius 3 is 2.56 bits per heavy atom. The van der Waals surface area contributed by atoms with Crippen LogP contribution in [0.1, 0.15) is 0 Å². The molecule has 0 unspecified atom stereocenters. The number of hydrogen-bond donors (Lipinski definition) is 1. The molecule has 0 saturated carbocycles. The summed E-state index contributed by atoms with van der Waals surface area (Å²) in [7, 11) is 0. The third kappa shape index (κ3) is 4.26. The molecule has 1 aromatic carbocycles. The molecular formula is C12H10IN3OS. The second-order valence-electron chi connectivity index (χ2n) is 3.38. The van der Waals surface area contributed by atoms with Crippen molar-refractivity contribution < 1.29 is 4.79 Å². The van der Waals surface area contributed by atoms with E-state index in [0.717, 1.165) is 9.26 Å². The topological polar surface area (TPSA) is 54.9 Å². The van der Waals surface area contributed by atoms with Gasteiger partial charge < -0.3 is 5.32 Å². The molecule has 4 nitrogen and oxygen atoms in total. The highest BCUT2D eigenvalue weighted by Gasteiger charge is 2.04. The summed E-state index contributed by atoms with van der Waals surface area (Å²) in [5.74, 6) is 0.240. The van der Waals surface area contributed by atoms with Gasteiger partial charge in [-0.25, -0.2) is 9.97 Å². The number of anilines is 1. The Balaban J connectivity index is 1.84. The van der Waals surface area contributed by atoms with Crippen molar-refractivity contribution in [2.24, 2.45) is 0 Å². The number of nitrogens with one attached hydrogen (secondary N) is 1. The molecule has 0 atom stereocenters. The first-order valence-corrected chi connectivity index (χ1v) is 7.26. The predicted molar refractivity (Wildman–Crippen MR) is 80.5 cm³/mol. The van der Waals surface area contributed by atoms with Gasteiger partial charge in [0, 0.05) is 21.7 Å². The SMILES string of the molecule is O=C(CSc1ncccn1)Nc1ccc(I)cc1. The largest absolute Gasteiger partial charge is 0.325 e. The number of thioether (sulfide) groups is 1. The second-order valence-corrected chi connectivity index (χ2v) is 5.56. The van der Waals surface area contributed by atoms with E-state index in [0.29, 0.717) is 10.9 Å². The number of nitrogens with zero attached hydrogens (tertiary/aromatic N) is 2. The highest BCUT2D eigenvalue weighted by atomic mass is 127. The Hall–Kier alpha value is -1.15. The molecule has 6 heteroatoms. The molecule has 2 rings (SSSR count). The van der Waals surface area contributed by atoms with E-state index in [2.05, 4.69) is 37.9 Å². The van der Waals surface area contributed by atoms with Crippen LogP contribution in [0, 0.1) is 3.57 Å². The monoisotopic (exact) mass is 371 g/mol. The normalized spacial score (nSPS) is 10.1. The van der Waals surface area contributed by atoms with Crippen LogP contribution >= 0.6 is 34.4 Å². The molecule has 0 spiro atoms. The summed E-state index contributed by atoms with van der Waals surface area (Å²) >= 11 is 3.54. The van der Waals surface area contributed by atoms with Crippen LogP contribution in [0.3, 0.4) is 0 Å². The van der Waals surface area contributed by atoms with Gasteiger partial charge >= 0.3 is 0 Å². The van der Waals surface area contributed by atoms with Crippen molar-refractivity contribution in [3.8, 4) is 0 Å². The third-order valence-corrected chi connectivity index (χ3v) is 3.60. The van der Waals surface area contributed by atoms with Gasteiger partial charge in [0.05, 0.1) is 5.75 Å². The maximum atomic E-state index is 11.7. The molecule has 0 aliphatic carbocycles. The summed E-state index contributed by atoms with van der Waals surface area (Å²) in [6.45, 7) is 0. The van der Waals surface area contributed by atoms with E-state index < -0.39 is 0 Å². The molecule has 0 bridgehead atoms. The van der Waals surface area contributed by atoms with E-state index >= 15 is 0 Å². The molecule has 1 N–H and O–H groups in total. The van der Waals surface area contributed by atoms with Gasteiger partial charge in [0.15, 0.2) is 5.16 Å². The average Bonchev–Trinajstić information content (AvgIpc) is 2.40. The minimum atomic E-state index is -0.0614. The lowest BCUT2D eigenvalue weighted by molar-refractivity contribution is -0.113. The van der Waals surface area contributed by atoms with Crippen LogP contribution < -0.4 is 5.32 Å². The van der Waals surface area contributed by atoms with Gasteiger partial charge in [-0.15, -0.1) is 0 Å². The lowest BCUT2D eigenvalue weighted by Gasteiger charge is -2.04. The molecule has 92 valence electrons. The van der Waals surface area contributed by atoms with E-state index in [1.54, 1.807) is 18.5 Å². The van der Waals surface area contributed by atoms with Crippen LogP contribution in [-0.4, -0.2) is 21.6 Å². The van der Waals surface area contributed by atoms with E-state index in [9.17, 15) is 4.79 Å².